The van der Waals surface area contributed by atoms with Gasteiger partial charge in [0.05, 0.1) is 19.3 Å². The standard InChI is InChI=1S/C17H20FN3O3/c18-13-3-1-2-12(8-13)17-20-19-16(24-17)9-21-4-5-23-15-7-11(10-22)6-14(15)21/h1-3,8,11,14-15,22H,4-7,9-10H2/t11-,14+,15?/m1/s1. The van der Waals surface area contributed by atoms with Gasteiger partial charge >= 0.3 is 0 Å². The lowest BCUT2D eigenvalue weighted by Gasteiger charge is -2.36. The number of fused-ring (bicyclic) bond motifs is 1. The molecule has 128 valence electrons. The molecular formula is C17H20FN3O3. The molecule has 1 saturated heterocycles. The summed E-state index contributed by atoms with van der Waals surface area (Å²) in [5, 5.41) is 17.5. The number of benzene rings is 1. The first-order valence-electron chi connectivity index (χ1n) is 8.28. The van der Waals surface area contributed by atoms with Crippen LogP contribution in [0.4, 0.5) is 4.39 Å². The van der Waals surface area contributed by atoms with E-state index in [1.165, 1.54) is 12.1 Å². The van der Waals surface area contributed by atoms with Crippen LogP contribution in [0.3, 0.4) is 0 Å². The first-order valence-corrected chi connectivity index (χ1v) is 8.28. The lowest BCUT2D eigenvalue weighted by molar-refractivity contribution is -0.0613. The van der Waals surface area contributed by atoms with E-state index in [9.17, 15) is 9.50 Å². The van der Waals surface area contributed by atoms with Gasteiger partial charge in [0.1, 0.15) is 5.82 Å². The van der Waals surface area contributed by atoms with Gasteiger partial charge in [0.15, 0.2) is 0 Å². The maximum atomic E-state index is 13.3. The molecule has 0 radical (unpaired) electrons. The first-order chi connectivity index (χ1) is 11.7. The molecule has 2 heterocycles. The molecule has 1 N–H and O–H groups in total. The van der Waals surface area contributed by atoms with Gasteiger partial charge in [0.2, 0.25) is 11.8 Å². The van der Waals surface area contributed by atoms with Gasteiger partial charge in [-0.1, -0.05) is 6.07 Å². The molecule has 1 unspecified atom stereocenters. The van der Waals surface area contributed by atoms with Crippen molar-refractivity contribution in [2.45, 2.75) is 31.5 Å². The van der Waals surface area contributed by atoms with Crippen LogP contribution < -0.4 is 0 Å². The van der Waals surface area contributed by atoms with Crippen molar-refractivity contribution in [2.24, 2.45) is 5.92 Å². The molecule has 4 rings (SSSR count). The molecule has 0 spiro atoms. The Morgan fingerprint density at radius 2 is 2.21 bits per heavy atom. The highest BCUT2D eigenvalue weighted by molar-refractivity contribution is 5.52. The minimum atomic E-state index is -0.329. The minimum Gasteiger partial charge on any atom is -0.419 e. The van der Waals surface area contributed by atoms with E-state index >= 15 is 0 Å². The zero-order valence-electron chi connectivity index (χ0n) is 13.3. The quantitative estimate of drug-likeness (QED) is 0.921. The van der Waals surface area contributed by atoms with Crippen LogP contribution in [0.5, 0.6) is 0 Å². The van der Waals surface area contributed by atoms with Crippen molar-refractivity contribution in [1.82, 2.24) is 15.1 Å². The zero-order valence-corrected chi connectivity index (χ0v) is 13.3. The molecule has 1 saturated carbocycles. The molecule has 1 aliphatic heterocycles. The van der Waals surface area contributed by atoms with Gasteiger partial charge in [-0.25, -0.2) is 4.39 Å². The normalized spacial score (nSPS) is 27.3. The first kappa shape index (κ1) is 15.7. The second kappa shape index (κ2) is 6.58. The highest BCUT2D eigenvalue weighted by Gasteiger charge is 2.41. The van der Waals surface area contributed by atoms with Crippen LogP contribution in [0.15, 0.2) is 28.7 Å². The Kier molecular flexibility index (Phi) is 4.30. The van der Waals surface area contributed by atoms with Crippen LogP contribution in [0.25, 0.3) is 11.5 Å². The predicted molar refractivity (Wildman–Crippen MR) is 83.4 cm³/mol. The molecule has 3 atom stereocenters. The summed E-state index contributed by atoms with van der Waals surface area (Å²) in [5.74, 6) is 0.812. The lowest BCUT2D eigenvalue weighted by Crippen LogP contribution is -2.47. The van der Waals surface area contributed by atoms with Crippen molar-refractivity contribution >= 4 is 0 Å². The van der Waals surface area contributed by atoms with Crippen LogP contribution in [0.2, 0.25) is 0 Å². The van der Waals surface area contributed by atoms with Crippen molar-refractivity contribution in [3.8, 4) is 11.5 Å². The summed E-state index contributed by atoms with van der Waals surface area (Å²) in [6, 6.07) is 6.40. The number of hydrogen-bond donors (Lipinski definition) is 1. The second-order valence-corrected chi connectivity index (χ2v) is 6.48. The Bertz CT molecular complexity index is 708. The van der Waals surface area contributed by atoms with E-state index < -0.39 is 0 Å². The summed E-state index contributed by atoms with van der Waals surface area (Å²) < 4.78 is 24.9. The molecule has 2 aliphatic rings. The highest BCUT2D eigenvalue weighted by Crippen LogP contribution is 2.34. The SMILES string of the molecule is OC[C@H]1CC2OCCN(Cc3nnc(-c4cccc(F)c4)o3)[C@H]2C1. The fourth-order valence-corrected chi connectivity index (χ4v) is 3.70. The fraction of sp³-hybridized carbons (Fsp3) is 0.529. The third kappa shape index (κ3) is 3.07. The molecular weight excluding hydrogens is 313 g/mol. The Balaban J connectivity index is 1.47. The van der Waals surface area contributed by atoms with E-state index in [4.69, 9.17) is 9.15 Å². The Hall–Kier alpha value is -1.83. The van der Waals surface area contributed by atoms with E-state index in [0.717, 1.165) is 19.4 Å². The maximum Gasteiger partial charge on any atom is 0.247 e. The summed E-state index contributed by atoms with van der Waals surface area (Å²) in [5.41, 5.74) is 0.579. The van der Waals surface area contributed by atoms with Crippen LogP contribution in [0.1, 0.15) is 18.7 Å². The van der Waals surface area contributed by atoms with E-state index in [-0.39, 0.29) is 24.6 Å². The molecule has 7 heteroatoms. The number of rotatable bonds is 4. The van der Waals surface area contributed by atoms with Crippen LogP contribution in [-0.2, 0) is 11.3 Å². The van der Waals surface area contributed by atoms with Gasteiger partial charge in [-0.15, -0.1) is 10.2 Å². The zero-order chi connectivity index (χ0) is 16.5. The molecule has 6 nitrogen and oxygen atoms in total. The Morgan fingerprint density at radius 1 is 1.29 bits per heavy atom. The van der Waals surface area contributed by atoms with Gasteiger partial charge in [-0.2, -0.15) is 0 Å². The molecule has 1 aromatic carbocycles. The van der Waals surface area contributed by atoms with Gasteiger partial charge in [0.25, 0.3) is 0 Å². The maximum absolute atomic E-state index is 13.3. The van der Waals surface area contributed by atoms with E-state index in [0.29, 0.717) is 36.4 Å². The Labute approximate surface area is 139 Å². The number of hydrogen-bond acceptors (Lipinski definition) is 6. The Morgan fingerprint density at radius 3 is 3.04 bits per heavy atom. The van der Waals surface area contributed by atoms with Crippen molar-refractivity contribution in [3.05, 3.63) is 36.0 Å². The number of nitrogens with zero attached hydrogens (tertiary/aromatic N) is 3. The number of halogens is 1. The predicted octanol–water partition coefficient (Wildman–Crippen LogP) is 1.85. The molecule has 1 aromatic heterocycles. The van der Waals surface area contributed by atoms with Gasteiger partial charge in [-0.05, 0) is 37.0 Å². The van der Waals surface area contributed by atoms with Crippen molar-refractivity contribution < 1.29 is 18.7 Å². The number of ether oxygens (including phenoxy) is 1. The second-order valence-electron chi connectivity index (χ2n) is 6.48. The van der Waals surface area contributed by atoms with E-state index in [2.05, 4.69) is 15.1 Å². The topological polar surface area (TPSA) is 71.6 Å². The molecule has 2 fully saturated rings. The van der Waals surface area contributed by atoms with Gasteiger partial charge < -0.3 is 14.3 Å². The van der Waals surface area contributed by atoms with Crippen molar-refractivity contribution in [1.29, 1.82) is 0 Å². The smallest absolute Gasteiger partial charge is 0.247 e. The van der Waals surface area contributed by atoms with E-state index in [1.807, 2.05) is 0 Å². The van der Waals surface area contributed by atoms with Gasteiger partial charge in [-0.3, -0.25) is 4.90 Å². The summed E-state index contributed by atoms with van der Waals surface area (Å²) in [6.07, 6.45) is 1.99. The lowest BCUT2D eigenvalue weighted by atomic mass is 10.1. The third-order valence-corrected chi connectivity index (χ3v) is 4.88. The monoisotopic (exact) mass is 333 g/mol. The minimum absolute atomic E-state index is 0.168. The largest absolute Gasteiger partial charge is 0.419 e. The molecule has 0 amide bonds. The average Bonchev–Trinajstić information content (AvgIpc) is 3.22. The van der Waals surface area contributed by atoms with Crippen molar-refractivity contribution in [2.75, 3.05) is 19.8 Å². The van der Waals surface area contributed by atoms with Gasteiger partial charge in [0, 0.05) is 24.8 Å². The number of morpholine rings is 1. The molecule has 2 aromatic rings. The molecule has 24 heavy (non-hydrogen) atoms. The number of aliphatic hydroxyl groups excluding tert-OH is 1. The molecule has 1 aliphatic carbocycles. The number of aromatic nitrogens is 2. The molecule has 0 bridgehead atoms. The average molecular weight is 333 g/mol. The van der Waals surface area contributed by atoms with Crippen LogP contribution >= 0.6 is 0 Å². The van der Waals surface area contributed by atoms with Crippen LogP contribution in [-0.4, -0.2) is 52.1 Å². The number of aliphatic hydroxyl groups is 1. The highest BCUT2D eigenvalue weighted by atomic mass is 19.1. The summed E-state index contributed by atoms with van der Waals surface area (Å²) >= 11 is 0. The third-order valence-electron chi connectivity index (χ3n) is 4.88. The summed E-state index contributed by atoms with van der Waals surface area (Å²) in [7, 11) is 0. The van der Waals surface area contributed by atoms with Crippen molar-refractivity contribution in [3.63, 3.8) is 0 Å². The fourth-order valence-electron chi connectivity index (χ4n) is 3.70. The summed E-state index contributed by atoms with van der Waals surface area (Å²) in [6.45, 7) is 2.22. The van der Waals surface area contributed by atoms with E-state index in [1.54, 1.807) is 12.1 Å². The summed E-state index contributed by atoms with van der Waals surface area (Å²) in [4.78, 5) is 2.28. The van der Waals surface area contributed by atoms with Crippen LogP contribution in [0, 0.1) is 11.7 Å².